The van der Waals surface area contributed by atoms with E-state index >= 15 is 0 Å². The fourth-order valence-electron chi connectivity index (χ4n) is 3.38. The van der Waals surface area contributed by atoms with Crippen LogP contribution in [0.3, 0.4) is 0 Å². The molecule has 124 valence electrons. The highest BCUT2D eigenvalue weighted by atomic mass is 35.5. The number of amidine groups is 1. The van der Waals surface area contributed by atoms with E-state index in [-0.39, 0.29) is 0 Å². The molecule has 1 fully saturated rings. The Bertz CT molecular complexity index is 623. The Morgan fingerprint density at radius 3 is 2.96 bits per heavy atom. The minimum absolute atomic E-state index is 0.485. The number of nitrogens with zero attached hydrogens (tertiary/aromatic N) is 1. The maximum absolute atomic E-state index is 6.35. The van der Waals surface area contributed by atoms with Gasteiger partial charge in [0.1, 0.15) is 0 Å². The van der Waals surface area contributed by atoms with E-state index in [1.807, 2.05) is 12.1 Å². The standard InChI is InChI=1S/C17H21ClN2O2S/c18-12-8-11(9-15-16(12)22-7-3-6-21-15)10-23-17-19-13-4-1-2-5-14(13)20-17/h8-9,13-14H,1-7,10H2,(H,19,20)/t13-,14-/m1/s1. The molecule has 0 bridgehead atoms. The lowest BCUT2D eigenvalue weighted by molar-refractivity contribution is 0.297. The first-order chi connectivity index (χ1) is 11.3. The molecule has 0 radical (unpaired) electrons. The summed E-state index contributed by atoms with van der Waals surface area (Å²) >= 11 is 8.11. The molecule has 1 N–H and O–H groups in total. The molecule has 0 amide bonds. The van der Waals surface area contributed by atoms with Crippen molar-refractivity contribution in [3.63, 3.8) is 0 Å². The predicted octanol–water partition coefficient (Wildman–Crippen LogP) is 4.00. The number of nitrogens with one attached hydrogen (secondary N) is 1. The molecule has 4 nitrogen and oxygen atoms in total. The van der Waals surface area contributed by atoms with Crippen molar-refractivity contribution in [2.24, 2.45) is 4.99 Å². The van der Waals surface area contributed by atoms with Crippen LogP contribution in [0, 0.1) is 0 Å². The first-order valence-electron chi connectivity index (χ1n) is 8.35. The largest absolute Gasteiger partial charge is 0.489 e. The molecule has 4 rings (SSSR count). The van der Waals surface area contributed by atoms with Crippen molar-refractivity contribution in [1.82, 2.24) is 5.32 Å². The third-order valence-corrected chi connectivity index (χ3v) is 5.81. The summed E-state index contributed by atoms with van der Waals surface area (Å²) in [7, 11) is 0. The van der Waals surface area contributed by atoms with E-state index in [0.29, 0.717) is 36.1 Å². The molecule has 23 heavy (non-hydrogen) atoms. The van der Waals surface area contributed by atoms with Crippen molar-refractivity contribution in [3.05, 3.63) is 22.7 Å². The van der Waals surface area contributed by atoms with E-state index in [4.69, 9.17) is 26.1 Å². The summed E-state index contributed by atoms with van der Waals surface area (Å²) in [4.78, 5) is 4.83. The third-order valence-electron chi connectivity index (χ3n) is 4.56. The molecule has 2 atom stereocenters. The van der Waals surface area contributed by atoms with E-state index < -0.39 is 0 Å². The Hall–Kier alpha value is -1.07. The van der Waals surface area contributed by atoms with E-state index in [1.165, 1.54) is 25.7 Å². The van der Waals surface area contributed by atoms with Gasteiger partial charge < -0.3 is 14.8 Å². The Morgan fingerprint density at radius 2 is 2.04 bits per heavy atom. The van der Waals surface area contributed by atoms with Crippen molar-refractivity contribution in [1.29, 1.82) is 0 Å². The van der Waals surface area contributed by atoms with E-state index in [0.717, 1.165) is 28.7 Å². The van der Waals surface area contributed by atoms with Gasteiger partial charge in [0, 0.05) is 12.2 Å². The molecule has 1 saturated carbocycles. The van der Waals surface area contributed by atoms with Crippen molar-refractivity contribution in [2.75, 3.05) is 13.2 Å². The molecule has 0 aromatic heterocycles. The van der Waals surface area contributed by atoms with Gasteiger partial charge in [-0.2, -0.15) is 0 Å². The van der Waals surface area contributed by atoms with Crippen LogP contribution in [0.2, 0.25) is 5.02 Å². The van der Waals surface area contributed by atoms with Crippen LogP contribution in [0.25, 0.3) is 0 Å². The summed E-state index contributed by atoms with van der Waals surface area (Å²) in [5, 5.41) is 5.28. The molecule has 1 aliphatic carbocycles. The van der Waals surface area contributed by atoms with Crippen LogP contribution in [0.1, 0.15) is 37.7 Å². The van der Waals surface area contributed by atoms with Gasteiger partial charge in [0.25, 0.3) is 0 Å². The number of rotatable bonds is 2. The third kappa shape index (κ3) is 3.41. The number of aliphatic imine (C=N–C) groups is 1. The summed E-state index contributed by atoms with van der Waals surface area (Å²) in [6.45, 7) is 1.34. The Kier molecular flexibility index (Phi) is 4.58. The van der Waals surface area contributed by atoms with Gasteiger partial charge in [0.05, 0.1) is 30.3 Å². The number of thioether (sulfide) groups is 1. The summed E-state index contributed by atoms with van der Waals surface area (Å²) < 4.78 is 11.4. The number of benzene rings is 1. The summed E-state index contributed by atoms with van der Waals surface area (Å²) in [6, 6.07) is 5.06. The Morgan fingerprint density at radius 1 is 1.17 bits per heavy atom. The molecule has 1 aromatic carbocycles. The highest BCUT2D eigenvalue weighted by Gasteiger charge is 2.30. The van der Waals surface area contributed by atoms with Crippen molar-refractivity contribution < 1.29 is 9.47 Å². The van der Waals surface area contributed by atoms with Gasteiger partial charge in [-0.15, -0.1) is 0 Å². The van der Waals surface area contributed by atoms with Gasteiger partial charge in [-0.05, 0) is 30.5 Å². The lowest BCUT2D eigenvalue weighted by Gasteiger charge is -2.23. The summed E-state index contributed by atoms with van der Waals surface area (Å²) in [5.41, 5.74) is 1.14. The fraction of sp³-hybridized carbons (Fsp3) is 0.588. The Balaban J connectivity index is 1.43. The maximum Gasteiger partial charge on any atom is 0.179 e. The number of halogens is 1. The average Bonchev–Trinajstić information content (AvgIpc) is 2.82. The minimum Gasteiger partial charge on any atom is -0.489 e. The van der Waals surface area contributed by atoms with Gasteiger partial charge >= 0.3 is 0 Å². The predicted molar refractivity (Wildman–Crippen MR) is 95.0 cm³/mol. The summed E-state index contributed by atoms with van der Waals surface area (Å²) in [6.07, 6.45) is 5.98. The highest BCUT2D eigenvalue weighted by Crippen LogP contribution is 2.39. The van der Waals surface area contributed by atoms with Crippen molar-refractivity contribution >= 4 is 28.5 Å². The van der Waals surface area contributed by atoms with Gasteiger partial charge in [-0.3, -0.25) is 4.99 Å². The quantitative estimate of drug-likeness (QED) is 0.873. The number of hydrogen-bond acceptors (Lipinski definition) is 5. The Labute approximate surface area is 146 Å². The topological polar surface area (TPSA) is 42.9 Å². The maximum atomic E-state index is 6.35. The first-order valence-corrected chi connectivity index (χ1v) is 9.71. The molecule has 1 aromatic rings. The number of fused-ring (bicyclic) bond motifs is 2. The van der Waals surface area contributed by atoms with Gasteiger partial charge in [0.2, 0.25) is 0 Å². The average molecular weight is 353 g/mol. The van der Waals surface area contributed by atoms with Gasteiger partial charge in [0.15, 0.2) is 16.7 Å². The van der Waals surface area contributed by atoms with Gasteiger partial charge in [-0.1, -0.05) is 36.2 Å². The lowest BCUT2D eigenvalue weighted by Crippen LogP contribution is -2.36. The first kappa shape index (κ1) is 15.5. The molecule has 2 aliphatic heterocycles. The zero-order valence-corrected chi connectivity index (χ0v) is 14.6. The van der Waals surface area contributed by atoms with Crippen LogP contribution in [0.15, 0.2) is 17.1 Å². The molecular formula is C17H21ClN2O2S. The number of hydrogen-bond donors (Lipinski definition) is 1. The summed E-state index contributed by atoms with van der Waals surface area (Å²) in [5.74, 6) is 2.28. The smallest absolute Gasteiger partial charge is 0.179 e. The van der Waals surface area contributed by atoms with Crippen molar-refractivity contribution in [2.45, 2.75) is 49.9 Å². The molecule has 3 aliphatic rings. The lowest BCUT2D eigenvalue weighted by atomic mass is 9.92. The minimum atomic E-state index is 0.485. The normalized spacial score (nSPS) is 26.0. The molecule has 0 spiro atoms. The highest BCUT2D eigenvalue weighted by molar-refractivity contribution is 8.13. The monoisotopic (exact) mass is 352 g/mol. The fourth-order valence-corrected chi connectivity index (χ4v) is 4.58. The second kappa shape index (κ2) is 6.81. The second-order valence-corrected chi connectivity index (χ2v) is 7.65. The van der Waals surface area contributed by atoms with Crippen LogP contribution in [0.4, 0.5) is 0 Å². The van der Waals surface area contributed by atoms with E-state index in [1.54, 1.807) is 11.8 Å². The molecular weight excluding hydrogens is 332 g/mol. The van der Waals surface area contributed by atoms with Gasteiger partial charge in [-0.25, -0.2) is 0 Å². The second-order valence-electron chi connectivity index (χ2n) is 6.28. The van der Waals surface area contributed by atoms with Crippen LogP contribution >= 0.6 is 23.4 Å². The van der Waals surface area contributed by atoms with Crippen LogP contribution in [0.5, 0.6) is 11.5 Å². The number of ether oxygens (including phenoxy) is 2. The molecule has 2 heterocycles. The zero-order chi connectivity index (χ0) is 15.6. The van der Waals surface area contributed by atoms with Crippen LogP contribution in [-0.4, -0.2) is 30.5 Å². The van der Waals surface area contributed by atoms with Crippen LogP contribution < -0.4 is 14.8 Å². The molecule has 0 saturated heterocycles. The van der Waals surface area contributed by atoms with Crippen molar-refractivity contribution in [3.8, 4) is 11.5 Å². The zero-order valence-electron chi connectivity index (χ0n) is 13.0. The molecule has 6 heteroatoms. The van der Waals surface area contributed by atoms with Crippen LogP contribution in [-0.2, 0) is 5.75 Å². The van der Waals surface area contributed by atoms with E-state index in [9.17, 15) is 0 Å². The molecule has 0 unspecified atom stereocenters. The van der Waals surface area contributed by atoms with E-state index in [2.05, 4.69) is 5.32 Å². The SMILES string of the molecule is Clc1cc(CSC2=N[C@@H]3CCCC[C@H]3N2)cc2c1OCCCO2.